The number of rotatable bonds is 5. The Balaban J connectivity index is 1.57. The molecule has 0 amide bonds. The molecule has 0 bridgehead atoms. The van der Waals surface area contributed by atoms with Gasteiger partial charge in [-0.15, -0.1) is 0 Å². The van der Waals surface area contributed by atoms with Crippen molar-refractivity contribution in [1.82, 2.24) is 19.5 Å². The van der Waals surface area contributed by atoms with E-state index in [-0.39, 0.29) is 11.8 Å². The summed E-state index contributed by atoms with van der Waals surface area (Å²) in [5.74, 6) is 0.809. The number of nitrogen functional groups attached to an aromatic ring is 1. The normalized spacial score (nSPS) is 29.1. The highest BCUT2D eigenvalue weighted by Crippen LogP contribution is 2.32. The Morgan fingerprint density at radius 1 is 1.25 bits per heavy atom. The zero-order valence-electron chi connectivity index (χ0n) is 15.3. The molecule has 1 saturated carbocycles. The van der Waals surface area contributed by atoms with E-state index in [0.717, 1.165) is 12.8 Å². The predicted molar refractivity (Wildman–Crippen MR) is 101 cm³/mol. The second kappa shape index (κ2) is 7.95. The highest BCUT2D eigenvalue weighted by atomic mass is 16.6. The van der Waals surface area contributed by atoms with E-state index in [0.29, 0.717) is 17.1 Å². The molecule has 6 N–H and O–H groups in total. The van der Waals surface area contributed by atoms with Crippen LogP contribution >= 0.6 is 0 Å². The maximum absolute atomic E-state index is 10.3. The van der Waals surface area contributed by atoms with Crippen LogP contribution in [0.1, 0.15) is 38.3 Å². The average molecular weight is 391 g/mol. The number of hydrazone groups is 1. The lowest BCUT2D eigenvalue weighted by atomic mass is 9.90. The molecule has 2 aliphatic rings. The third-order valence-electron chi connectivity index (χ3n) is 5.34. The molecule has 1 aliphatic heterocycles. The molecule has 1 aliphatic carbocycles. The molecule has 2 aromatic heterocycles. The Kier molecular flexibility index (Phi) is 5.40. The number of aliphatic hydroxyl groups excluding tert-OH is 3. The molecule has 0 radical (unpaired) electrons. The number of hydrogen-bond donors (Lipinski definition) is 5. The molecule has 2 fully saturated rings. The number of aliphatic hydroxyl groups is 3. The van der Waals surface area contributed by atoms with Gasteiger partial charge in [-0.1, -0.05) is 19.3 Å². The van der Waals surface area contributed by atoms with Crippen LogP contribution in [0.4, 0.5) is 11.8 Å². The van der Waals surface area contributed by atoms with Crippen LogP contribution < -0.4 is 11.2 Å². The molecule has 1 saturated heterocycles. The molecule has 11 nitrogen and oxygen atoms in total. The number of nitrogens with zero attached hydrogens (tertiary/aromatic N) is 5. The maximum atomic E-state index is 10.3. The average Bonchev–Trinajstić information content (AvgIpc) is 3.24. The summed E-state index contributed by atoms with van der Waals surface area (Å²) in [5, 5.41) is 33.8. The van der Waals surface area contributed by atoms with Crippen LogP contribution in [0.3, 0.4) is 0 Å². The summed E-state index contributed by atoms with van der Waals surface area (Å²) in [6, 6.07) is 0. The highest BCUT2D eigenvalue weighted by Gasteiger charge is 2.44. The van der Waals surface area contributed by atoms with Crippen molar-refractivity contribution in [2.24, 2.45) is 11.0 Å². The quantitative estimate of drug-likeness (QED) is 0.348. The van der Waals surface area contributed by atoms with Crippen LogP contribution in [-0.2, 0) is 4.74 Å². The summed E-state index contributed by atoms with van der Waals surface area (Å²) in [4.78, 5) is 12.7. The van der Waals surface area contributed by atoms with Gasteiger partial charge in [0.25, 0.3) is 0 Å². The Morgan fingerprint density at radius 2 is 2.04 bits per heavy atom. The Morgan fingerprint density at radius 3 is 2.75 bits per heavy atom. The molecule has 4 rings (SSSR count). The van der Waals surface area contributed by atoms with E-state index in [1.807, 2.05) is 6.21 Å². The summed E-state index contributed by atoms with van der Waals surface area (Å²) in [6.45, 7) is -0.416. The summed E-state index contributed by atoms with van der Waals surface area (Å²) in [6.07, 6.45) is 4.95. The number of imidazole rings is 1. The predicted octanol–water partition coefficient (Wildman–Crippen LogP) is -0.00200. The Hall–Kier alpha value is -2.34. The molecule has 1 unspecified atom stereocenters. The van der Waals surface area contributed by atoms with Crippen molar-refractivity contribution >= 4 is 29.1 Å². The molecular formula is C17H25N7O4. The minimum absolute atomic E-state index is 0.158. The van der Waals surface area contributed by atoms with Crippen molar-refractivity contribution in [2.75, 3.05) is 17.8 Å². The third kappa shape index (κ3) is 3.53. The van der Waals surface area contributed by atoms with Gasteiger partial charge in [-0.05, 0) is 18.8 Å². The van der Waals surface area contributed by atoms with Gasteiger partial charge in [-0.3, -0.25) is 4.57 Å². The maximum Gasteiger partial charge on any atom is 0.247 e. The minimum Gasteiger partial charge on any atom is -0.394 e. The van der Waals surface area contributed by atoms with E-state index in [1.165, 1.54) is 30.2 Å². The van der Waals surface area contributed by atoms with Gasteiger partial charge >= 0.3 is 0 Å². The van der Waals surface area contributed by atoms with Crippen molar-refractivity contribution in [3.8, 4) is 0 Å². The molecule has 28 heavy (non-hydrogen) atoms. The second-order valence-corrected chi connectivity index (χ2v) is 7.27. The topological polar surface area (TPSA) is 164 Å². The molecule has 3 heterocycles. The molecule has 11 heteroatoms. The smallest absolute Gasteiger partial charge is 0.247 e. The number of fused-ring (bicyclic) bond motifs is 1. The lowest BCUT2D eigenvalue weighted by molar-refractivity contribution is -0.0511. The van der Waals surface area contributed by atoms with Crippen LogP contribution in [0, 0.1) is 5.92 Å². The molecule has 4 atom stereocenters. The summed E-state index contributed by atoms with van der Waals surface area (Å²) < 4.78 is 7.01. The van der Waals surface area contributed by atoms with E-state index in [1.54, 1.807) is 0 Å². The van der Waals surface area contributed by atoms with Gasteiger partial charge in [0.2, 0.25) is 5.95 Å². The van der Waals surface area contributed by atoms with Gasteiger partial charge in [0.1, 0.15) is 23.8 Å². The largest absolute Gasteiger partial charge is 0.394 e. The Bertz CT molecular complexity index is 851. The number of ether oxygens (including phenoxy) is 1. The number of aromatic nitrogens is 4. The second-order valence-electron chi connectivity index (χ2n) is 7.27. The standard InChI is InChI=1S/C17H25N7O4/c18-14-11-15(22-17(21-14)23-20-6-9-4-2-1-3-5-9)24(8-19-11)16-13(27)12(26)10(7-25)28-16/h6,8-10,12-13,16,25-27H,1-5,7H2,(H3,18,21,22,23)/b20-6+/t10-,12?,13+,16-/m1/s1. The van der Waals surface area contributed by atoms with Gasteiger partial charge < -0.3 is 25.8 Å². The Labute approximate surface area is 161 Å². The fourth-order valence-corrected chi connectivity index (χ4v) is 3.77. The number of anilines is 2. The van der Waals surface area contributed by atoms with Crippen LogP contribution in [0.5, 0.6) is 0 Å². The van der Waals surface area contributed by atoms with E-state index in [9.17, 15) is 15.3 Å². The number of nitrogens with two attached hydrogens (primary N) is 1. The molecule has 0 aromatic carbocycles. The zero-order chi connectivity index (χ0) is 19.7. The van der Waals surface area contributed by atoms with Gasteiger partial charge in [0.05, 0.1) is 12.9 Å². The number of hydrogen-bond acceptors (Lipinski definition) is 10. The lowest BCUT2D eigenvalue weighted by Gasteiger charge is -2.17. The zero-order valence-corrected chi connectivity index (χ0v) is 15.3. The molecular weight excluding hydrogens is 366 g/mol. The van der Waals surface area contributed by atoms with Gasteiger partial charge in [-0.25, -0.2) is 10.4 Å². The van der Waals surface area contributed by atoms with E-state index < -0.39 is 31.1 Å². The third-order valence-corrected chi connectivity index (χ3v) is 5.34. The van der Waals surface area contributed by atoms with Crippen LogP contribution in [0.25, 0.3) is 11.2 Å². The molecule has 0 spiro atoms. The lowest BCUT2D eigenvalue weighted by Crippen LogP contribution is -2.33. The van der Waals surface area contributed by atoms with Crippen molar-refractivity contribution in [2.45, 2.75) is 56.6 Å². The van der Waals surface area contributed by atoms with Crippen molar-refractivity contribution in [1.29, 1.82) is 0 Å². The van der Waals surface area contributed by atoms with Crippen LogP contribution in [0.15, 0.2) is 11.4 Å². The van der Waals surface area contributed by atoms with Crippen LogP contribution in [0.2, 0.25) is 0 Å². The summed E-state index contributed by atoms with van der Waals surface area (Å²) >= 11 is 0. The van der Waals surface area contributed by atoms with Gasteiger partial charge in [0, 0.05) is 6.21 Å². The van der Waals surface area contributed by atoms with Gasteiger partial charge in [0.15, 0.2) is 17.7 Å². The van der Waals surface area contributed by atoms with Crippen LogP contribution in [-0.4, -0.2) is 66.0 Å². The minimum atomic E-state index is -1.24. The first-order valence-electron chi connectivity index (χ1n) is 9.50. The highest BCUT2D eigenvalue weighted by molar-refractivity contribution is 5.83. The molecule has 2 aromatic rings. The van der Waals surface area contributed by atoms with Gasteiger partial charge in [-0.2, -0.15) is 15.1 Å². The van der Waals surface area contributed by atoms with E-state index in [4.69, 9.17) is 10.5 Å². The first-order chi connectivity index (χ1) is 13.6. The van der Waals surface area contributed by atoms with Crippen molar-refractivity contribution in [3.05, 3.63) is 6.33 Å². The monoisotopic (exact) mass is 391 g/mol. The number of nitrogens with one attached hydrogen (secondary N) is 1. The van der Waals surface area contributed by atoms with Crippen molar-refractivity contribution < 1.29 is 20.1 Å². The summed E-state index contributed by atoms with van der Waals surface area (Å²) in [7, 11) is 0. The fourth-order valence-electron chi connectivity index (χ4n) is 3.77. The van der Waals surface area contributed by atoms with E-state index in [2.05, 4.69) is 25.5 Å². The fraction of sp³-hybridized carbons (Fsp3) is 0.647. The first-order valence-corrected chi connectivity index (χ1v) is 9.50. The summed E-state index contributed by atoms with van der Waals surface area (Å²) in [5.41, 5.74) is 9.47. The van der Waals surface area contributed by atoms with E-state index >= 15 is 0 Å². The SMILES string of the molecule is Nc1nc(N/N=C/C2CCCCC2)nc2c1ncn2[C@@H]1O[C@H](CO)C(O)[C@@H]1O. The first kappa shape index (κ1) is 19.0. The molecule has 152 valence electrons. The van der Waals surface area contributed by atoms with Crippen molar-refractivity contribution in [3.63, 3.8) is 0 Å².